The zero-order valence-electron chi connectivity index (χ0n) is 10.1. The molecular weight excluding hydrogens is 331 g/mol. The zero-order valence-corrected chi connectivity index (χ0v) is 12.2. The van der Waals surface area contributed by atoms with Crippen LogP contribution in [0.4, 0.5) is 11.4 Å². The van der Waals surface area contributed by atoms with Crippen LogP contribution in [-0.4, -0.2) is 11.5 Å². The molecule has 0 spiro atoms. The van der Waals surface area contributed by atoms with Gasteiger partial charge < -0.3 is 5.32 Å². The van der Waals surface area contributed by atoms with Crippen LogP contribution in [0.15, 0.2) is 18.2 Å². The molecule has 0 aliphatic rings. The summed E-state index contributed by atoms with van der Waals surface area (Å²) in [5, 5.41) is 14.0. The van der Waals surface area contributed by atoms with E-state index in [4.69, 9.17) is 0 Å². The summed E-state index contributed by atoms with van der Waals surface area (Å²) in [6.07, 6.45) is 2.29. The Morgan fingerprint density at radius 1 is 1.41 bits per heavy atom. The number of halogens is 1. The van der Waals surface area contributed by atoms with Gasteiger partial charge in [-0.25, -0.2) is 0 Å². The molecule has 4 nitrogen and oxygen atoms in total. The first-order valence-corrected chi connectivity index (χ1v) is 6.84. The molecule has 0 bridgehead atoms. The minimum atomic E-state index is -0.368. The standard InChI is InChI=1S/C12H17IN2O2/c1-3-9(4-2)8-14-12-6-5-10(15(16)17)7-11(12)13/h5-7,9,14H,3-4,8H2,1-2H3. The van der Waals surface area contributed by atoms with Crippen LogP contribution < -0.4 is 5.32 Å². The first kappa shape index (κ1) is 14.2. The van der Waals surface area contributed by atoms with Crippen LogP contribution in [0.25, 0.3) is 0 Å². The average molecular weight is 348 g/mol. The summed E-state index contributed by atoms with van der Waals surface area (Å²) in [5.74, 6) is 0.654. The fourth-order valence-electron chi connectivity index (χ4n) is 1.59. The zero-order chi connectivity index (χ0) is 12.8. The van der Waals surface area contributed by atoms with E-state index < -0.39 is 0 Å². The lowest BCUT2D eigenvalue weighted by molar-refractivity contribution is -0.384. The van der Waals surface area contributed by atoms with Crippen LogP contribution in [0.1, 0.15) is 26.7 Å². The topological polar surface area (TPSA) is 55.2 Å². The molecule has 0 aliphatic carbocycles. The molecule has 1 aromatic carbocycles. The maximum absolute atomic E-state index is 10.6. The van der Waals surface area contributed by atoms with E-state index in [9.17, 15) is 10.1 Å². The van der Waals surface area contributed by atoms with Gasteiger partial charge in [0.05, 0.1) is 4.92 Å². The number of anilines is 1. The monoisotopic (exact) mass is 348 g/mol. The maximum atomic E-state index is 10.6. The third-order valence-electron chi connectivity index (χ3n) is 2.90. The number of non-ortho nitro benzene ring substituents is 1. The molecule has 1 rings (SSSR count). The molecule has 1 aromatic rings. The van der Waals surface area contributed by atoms with Crippen molar-refractivity contribution in [3.63, 3.8) is 0 Å². The van der Waals surface area contributed by atoms with E-state index in [0.717, 1.165) is 28.6 Å². The second-order valence-electron chi connectivity index (χ2n) is 3.98. The van der Waals surface area contributed by atoms with Crippen molar-refractivity contribution in [1.29, 1.82) is 0 Å². The molecule has 94 valence electrons. The Labute approximate surface area is 115 Å². The number of nitro groups is 1. The van der Waals surface area contributed by atoms with Gasteiger partial charge in [-0.2, -0.15) is 0 Å². The molecule has 1 N–H and O–H groups in total. The summed E-state index contributed by atoms with van der Waals surface area (Å²) < 4.78 is 0.891. The number of nitro benzene ring substituents is 1. The molecule has 0 fully saturated rings. The van der Waals surface area contributed by atoms with Crippen molar-refractivity contribution in [3.05, 3.63) is 31.9 Å². The van der Waals surface area contributed by atoms with Crippen LogP contribution in [0.3, 0.4) is 0 Å². The molecule has 0 amide bonds. The molecule has 0 heterocycles. The number of hydrogen-bond donors (Lipinski definition) is 1. The Morgan fingerprint density at radius 2 is 2.06 bits per heavy atom. The van der Waals surface area contributed by atoms with Crippen LogP contribution in [0, 0.1) is 19.6 Å². The highest BCUT2D eigenvalue weighted by atomic mass is 127. The third kappa shape index (κ3) is 4.14. The van der Waals surface area contributed by atoms with E-state index in [0.29, 0.717) is 5.92 Å². The fourth-order valence-corrected chi connectivity index (χ4v) is 2.28. The smallest absolute Gasteiger partial charge is 0.270 e. The quantitative estimate of drug-likeness (QED) is 0.479. The van der Waals surface area contributed by atoms with Gasteiger partial charge in [0.2, 0.25) is 0 Å². The highest BCUT2D eigenvalue weighted by molar-refractivity contribution is 14.1. The normalized spacial score (nSPS) is 10.6. The van der Waals surface area contributed by atoms with Crippen molar-refractivity contribution < 1.29 is 4.92 Å². The van der Waals surface area contributed by atoms with Gasteiger partial charge in [-0.05, 0) is 34.6 Å². The third-order valence-corrected chi connectivity index (χ3v) is 3.79. The van der Waals surface area contributed by atoms with Gasteiger partial charge in [0.15, 0.2) is 0 Å². The number of nitrogens with one attached hydrogen (secondary N) is 1. The summed E-state index contributed by atoms with van der Waals surface area (Å²) in [7, 11) is 0. The van der Waals surface area contributed by atoms with Crippen LogP contribution in [0.2, 0.25) is 0 Å². The van der Waals surface area contributed by atoms with E-state index in [1.54, 1.807) is 12.1 Å². The Hall–Kier alpha value is -0.850. The molecule has 0 atom stereocenters. The Balaban J connectivity index is 2.69. The van der Waals surface area contributed by atoms with Crippen molar-refractivity contribution in [3.8, 4) is 0 Å². The lowest BCUT2D eigenvalue weighted by Crippen LogP contribution is -2.13. The van der Waals surface area contributed by atoms with Crippen LogP contribution in [0.5, 0.6) is 0 Å². The molecule has 0 saturated carbocycles. The van der Waals surface area contributed by atoms with Crippen LogP contribution in [-0.2, 0) is 0 Å². The van der Waals surface area contributed by atoms with Crippen molar-refractivity contribution in [2.75, 3.05) is 11.9 Å². The van der Waals surface area contributed by atoms with Gasteiger partial charge in [-0.15, -0.1) is 0 Å². The van der Waals surface area contributed by atoms with E-state index in [1.807, 2.05) is 0 Å². The molecule has 0 radical (unpaired) electrons. The largest absolute Gasteiger partial charge is 0.384 e. The van der Waals surface area contributed by atoms with E-state index in [2.05, 4.69) is 41.8 Å². The van der Waals surface area contributed by atoms with E-state index >= 15 is 0 Å². The molecule has 17 heavy (non-hydrogen) atoms. The van der Waals surface area contributed by atoms with Crippen molar-refractivity contribution in [2.24, 2.45) is 5.92 Å². The van der Waals surface area contributed by atoms with E-state index in [-0.39, 0.29) is 10.6 Å². The number of nitrogens with zero attached hydrogens (tertiary/aromatic N) is 1. The first-order valence-electron chi connectivity index (χ1n) is 5.76. The summed E-state index contributed by atoms with van der Waals surface area (Å²) in [5.41, 5.74) is 1.12. The molecule has 0 unspecified atom stereocenters. The van der Waals surface area contributed by atoms with Crippen molar-refractivity contribution >= 4 is 34.0 Å². The predicted molar refractivity (Wildman–Crippen MR) is 78.4 cm³/mol. The van der Waals surface area contributed by atoms with Crippen LogP contribution >= 0.6 is 22.6 Å². The first-order chi connectivity index (χ1) is 8.08. The van der Waals surface area contributed by atoms with Crippen molar-refractivity contribution in [1.82, 2.24) is 0 Å². The lowest BCUT2D eigenvalue weighted by atomic mass is 10.0. The van der Waals surface area contributed by atoms with E-state index in [1.165, 1.54) is 6.07 Å². The molecular formula is C12H17IN2O2. The Morgan fingerprint density at radius 3 is 2.53 bits per heavy atom. The molecule has 5 heteroatoms. The number of benzene rings is 1. The second-order valence-corrected chi connectivity index (χ2v) is 5.15. The minimum absolute atomic E-state index is 0.141. The molecule has 0 saturated heterocycles. The highest BCUT2D eigenvalue weighted by Gasteiger charge is 2.10. The second kappa shape index (κ2) is 6.78. The van der Waals surface area contributed by atoms with Gasteiger partial charge in [0.25, 0.3) is 5.69 Å². The number of rotatable bonds is 6. The van der Waals surface area contributed by atoms with Gasteiger partial charge in [0, 0.05) is 27.9 Å². The van der Waals surface area contributed by atoms with Gasteiger partial charge in [-0.3, -0.25) is 10.1 Å². The summed E-state index contributed by atoms with van der Waals surface area (Å²) in [6, 6.07) is 4.91. The SMILES string of the molecule is CCC(CC)CNc1ccc([N+](=O)[O-])cc1I. The summed E-state index contributed by atoms with van der Waals surface area (Å²) in [6.45, 7) is 5.27. The average Bonchev–Trinajstić information content (AvgIpc) is 2.31. The van der Waals surface area contributed by atoms with Gasteiger partial charge in [0.1, 0.15) is 0 Å². The highest BCUT2D eigenvalue weighted by Crippen LogP contribution is 2.24. The minimum Gasteiger partial charge on any atom is -0.384 e. The lowest BCUT2D eigenvalue weighted by Gasteiger charge is -2.15. The summed E-state index contributed by atoms with van der Waals surface area (Å²) in [4.78, 5) is 10.2. The molecule has 0 aromatic heterocycles. The van der Waals surface area contributed by atoms with Gasteiger partial charge in [-0.1, -0.05) is 26.7 Å². The fraction of sp³-hybridized carbons (Fsp3) is 0.500. The molecule has 0 aliphatic heterocycles. The maximum Gasteiger partial charge on any atom is 0.270 e. The van der Waals surface area contributed by atoms with Crippen molar-refractivity contribution in [2.45, 2.75) is 26.7 Å². The predicted octanol–water partition coefficient (Wildman–Crippen LogP) is 4.05. The Kier molecular flexibility index (Phi) is 5.67. The van der Waals surface area contributed by atoms with Gasteiger partial charge >= 0.3 is 0 Å². The number of hydrogen-bond acceptors (Lipinski definition) is 3. The summed E-state index contributed by atoms with van der Waals surface area (Å²) >= 11 is 2.12. The Bertz CT molecular complexity index is 392.